The predicted octanol–water partition coefficient (Wildman–Crippen LogP) is 2.53. The molecule has 104 valence electrons. The minimum absolute atomic E-state index is 0.0140. The Kier molecular flexibility index (Phi) is 3.70. The second-order valence-corrected chi connectivity index (χ2v) is 5.56. The average Bonchev–Trinajstić information content (AvgIpc) is 3.19. The van der Waals surface area contributed by atoms with Gasteiger partial charge in [-0.1, -0.05) is 30.3 Å². The molecule has 0 amide bonds. The third kappa shape index (κ3) is 2.95. The Morgan fingerprint density at radius 1 is 1.10 bits per heavy atom. The van der Waals surface area contributed by atoms with E-state index < -0.39 is 11.6 Å². The highest BCUT2D eigenvalue weighted by Gasteiger charge is 2.20. The molecule has 0 saturated carbocycles. The van der Waals surface area contributed by atoms with Crippen molar-refractivity contribution in [2.75, 3.05) is 0 Å². The van der Waals surface area contributed by atoms with Crippen LogP contribution in [0.1, 0.15) is 15.5 Å². The van der Waals surface area contributed by atoms with Crippen molar-refractivity contribution in [3.05, 3.63) is 59.5 Å². The number of aromatic amines is 1. The van der Waals surface area contributed by atoms with E-state index in [-0.39, 0.29) is 12.2 Å². The molecule has 0 radical (unpaired) electrons. The van der Waals surface area contributed by atoms with Crippen LogP contribution in [0.2, 0.25) is 0 Å². The zero-order valence-electron chi connectivity index (χ0n) is 10.9. The van der Waals surface area contributed by atoms with Gasteiger partial charge in [0.25, 0.3) is 5.78 Å². The van der Waals surface area contributed by atoms with Gasteiger partial charge in [0.2, 0.25) is 5.78 Å². The fourth-order valence-electron chi connectivity index (χ4n) is 1.92. The Morgan fingerprint density at radius 3 is 2.62 bits per heavy atom. The molecule has 1 aromatic carbocycles. The van der Waals surface area contributed by atoms with Crippen molar-refractivity contribution in [2.24, 2.45) is 0 Å². The van der Waals surface area contributed by atoms with Crippen LogP contribution in [0, 0.1) is 0 Å². The van der Waals surface area contributed by atoms with Gasteiger partial charge in [-0.25, -0.2) is 4.98 Å². The molecule has 0 aliphatic heterocycles. The van der Waals surface area contributed by atoms with Crippen LogP contribution < -0.4 is 0 Å². The first-order valence-corrected chi connectivity index (χ1v) is 7.13. The molecule has 1 N–H and O–H groups in total. The Bertz CT molecular complexity index is 763. The van der Waals surface area contributed by atoms with E-state index >= 15 is 0 Å². The molecule has 5 nitrogen and oxygen atoms in total. The Hall–Kier alpha value is -2.60. The first-order valence-electron chi connectivity index (χ1n) is 6.31. The summed E-state index contributed by atoms with van der Waals surface area (Å²) in [5, 5.41) is 5.98. The van der Waals surface area contributed by atoms with Crippen molar-refractivity contribution in [3.63, 3.8) is 0 Å². The molecule has 0 atom stereocenters. The van der Waals surface area contributed by atoms with Crippen LogP contribution in [0.5, 0.6) is 0 Å². The molecule has 0 spiro atoms. The highest BCUT2D eigenvalue weighted by atomic mass is 32.1. The summed E-state index contributed by atoms with van der Waals surface area (Å²) >= 11 is 1.51. The van der Waals surface area contributed by atoms with Crippen molar-refractivity contribution in [2.45, 2.75) is 6.42 Å². The normalized spacial score (nSPS) is 10.5. The van der Waals surface area contributed by atoms with Gasteiger partial charge in [-0.2, -0.15) is 5.10 Å². The number of nitrogens with one attached hydrogen (secondary N) is 1. The van der Waals surface area contributed by atoms with Crippen LogP contribution in [0.15, 0.2) is 48.8 Å². The van der Waals surface area contributed by atoms with Gasteiger partial charge in [0.15, 0.2) is 5.82 Å². The maximum Gasteiger partial charge on any atom is 0.265 e. The molecular formula is C15H11N3O2S. The number of aromatic nitrogens is 3. The zero-order valence-corrected chi connectivity index (χ0v) is 11.8. The summed E-state index contributed by atoms with van der Waals surface area (Å²) in [5.41, 5.74) is 1.10. The average molecular weight is 297 g/mol. The maximum atomic E-state index is 11.9. The van der Waals surface area contributed by atoms with Gasteiger partial charge in [-0.05, 0) is 17.7 Å². The number of carbonyl (C=O) groups excluding carboxylic acids is 2. The molecule has 2 heterocycles. The first kappa shape index (κ1) is 13.4. The topological polar surface area (TPSA) is 75.7 Å². The molecular weight excluding hydrogens is 286 g/mol. The van der Waals surface area contributed by atoms with Crippen LogP contribution in [-0.2, 0) is 11.2 Å². The van der Waals surface area contributed by atoms with E-state index in [1.807, 2.05) is 42.5 Å². The summed E-state index contributed by atoms with van der Waals surface area (Å²) < 4.78 is 0. The summed E-state index contributed by atoms with van der Waals surface area (Å²) in [6.07, 6.45) is 1.29. The molecule has 0 unspecified atom stereocenters. The summed E-state index contributed by atoms with van der Waals surface area (Å²) in [6.45, 7) is 0. The van der Waals surface area contributed by atoms with Crippen LogP contribution in [0.4, 0.5) is 0 Å². The number of ketones is 2. The third-order valence-electron chi connectivity index (χ3n) is 2.94. The Labute approximate surface area is 124 Å². The van der Waals surface area contributed by atoms with Gasteiger partial charge in [0.05, 0.1) is 0 Å². The highest BCUT2D eigenvalue weighted by Crippen LogP contribution is 2.28. The van der Waals surface area contributed by atoms with Crippen molar-refractivity contribution in [1.29, 1.82) is 0 Å². The Morgan fingerprint density at radius 2 is 1.90 bits per heavy atom. The molecule has 0 fully saturated rings. The van der Waals surface area contributed by atoms with E-state index in [2.05, 4.69) is 15.2 Å². The van der Waals surface area contributed by atoms with Crippen molar-refractivity contribution >= 4 is 22.9 Å². The van der Waals surface area contributed by atoms with Crippen molar-refractivity contribution in [1.82, 2.24) is 15.2 Å². The third-order valence-corrected chi connectivity index (χ3v) is 4.07. The molecule has 6 heteroatoms. The number of carbonyl (C=O) groups is 2. The minimum atomic E-state index is -0.637. The lowest BCUT2D eigenvalue weighted by Crippen LogP contribution is -2.17. The minimum Gasteiger partial charge on any atom is -0.290 e. The predicted molar refractivity (Wildman–Crippen MR) is 79.2 cm³/mol. The fourth-order valence-corrected chi connectivity index (χ4v) is 2.93. The molecule has 2 aromatic heterocycles. The number of hydrogen-bond acceptors (Lipinski definition) is 5. The molecule has 3 aromatic rings. The lowest BCUT2D eigenvalue weighted by molar-refractivity contribution is -0.114. The van der Waals surface area contributed by atoms with Crippen LogP contribution in [-0.4, -0.2) is 26.7 Å². The van der Waals surface area contributed by atoms with Crippen LogP contribution >= 0.6 is 11.3 Å². The van der Waals surface area contributed by atoms with Gasteiger partial charge in [-0.15, -0.1) is 11.3 Å². The lowest BCUT2D eigenvalue weighted by atomic mass is 10.1. The molecule has 0 bridgehead atoms. The van der Waals surface area contributed by atoms with Crippen molar-refractivity contribution in [3.8, 4) is 10.4 Å². The molecule has 21 heavy (non-hydrogen) atoms. The zero-order chi connectivity index (χ0) is 14.7. The quantitative estimate of drug-likeness (QED) is 0.580. The van der Waals surface area contributed by atoms with Crippen molar-refractivity contribution < 1.29 is 9.59 Å². The number of Topliss-reactive ketones (excluding diaryl/α,β-unsaturated/α-hetero) is 2. The number of H-pyrrole nitrogens is 1. The van der Waals surface area contributed by atoms with Gasteiger partial charge in [-0.3, -0.25) is 14.7 Å². The Balaban J connectivity index is 1.73. The summed E-state index contributed by atoms with van der Waals surface area (Å²) in [7, 11) is 0. The second kappa shape index (κ2) is 5.80. The molecule has 0 saturated heterocycles. The lowest BCUT2D eigenvalue weighted by Gasteiger charge is -1.96. The fraction of sp³-hybridized carbons (Fsp3) is 0.0667. The largest absolute Gasteiger partial charge is 0.290 e. The number of rotatable bonds is 5. The van der Waals surface area contributed by atoms with E-state index in [1.165, 1.54) is 17.7 Å². The number of benzene rings is 1. The number of thiophene rings is 1. The van der Waals surface area contributed by atoms with E-state index in [1.54, 1.807) is 0 Å². The summed E-state index contributed by atoms with van der Waals surface area (Å²) in [6, 6.07) is 13.7. The van der Waals surface area contributed by atoms with Crippen LogP contribution in [0.3, 0.4) is 0 Å². The second-order valence-electron chi connectivity index (χ2n) is 4.40. The van der Waals surface area contributed by atoms with Gasteiger partial charge in [0, 0.05) is 16.2 Å². The smallest absolute Gasteiger partial charge is 0.265 e. The maximum absolute atomic E-state index is 11.9. The standard InChI is InChI=1S/C15H11N3O2S/c19-12(14(20)15-16-9-17-18-15)8-11-6-7-13(21-11)10-4-2-1-3-5-10/h1-7,9H,8H2,(H,16,17,18). The van der Waals surface area contributed by atoms with Gasteiger partial charge in [0.1, 0.15) is 6.33 Å². The monoisotopic (exact) mass is 297 g/mol. The molecule has 0 aliphatic carbocycles. The van der Waals surface area contributed by atoms with Gasteiger partial charge < -0.3 is 0 Å². The van der Waals surface area contributed by atoms with E-state index in [4.69, 9.17) is 0 Å². The SMILES string of the molecule is O=C(Cc1ccc(-c2ccccc2)s1)C(=O)c1ncn[nH]1. The van der Waals surface area contributed by atoms with E-state index in [9.17, 15) is 9.59 Å². The molecule has 0 aliphatic rings. The molecule has 3 rings (SSSR count). The highest BCUT2D eigenvalue weighted by molar-refractivity contribution is 7.15. The van der Waals surface area contributed by atoms with Gasteiger partial charge >= 0.3 is 0 Å². The number of hydrogen-bond donors (Lipinski definition) is 1. The number of nitrogens with zero attached hydrogens (tertiary/aromatic N) is 2. The van der Waals surface area contributed by atoms with Crippen LogP contribution in [0.25, 0.3) is 10.4 Å². The summed E-state index contributed by atoms with van der Waals surface area (Å²) in [5.74, 6) is -1.14. The van der Waals surface area contributed by atoms with E-state index in [0.29, 0.717) is 0 Å². The summed E-state index contributed by atoms with van der Waals surface area (Å²) in [4.78, 5) is 29.4. The first-order chi connectivity index (χ1) is 10.2. The van der Waals surface area contributed by atoms with E-state index in [0.717, 1.165) is 15.3 Å².